The van der Waals surface area contributed by atoms with Gasteiger partial charge in [0.1, 0.15) is 5.75 Å². The number of nitrogens with two attached hydrogens (primary N) is 1. The minimum Gasteiger partial charge on any atom is -0.493 e. The maximum Gasteiger partial charge on any atom is 0.130 e. The zero-order valence-corrected chi connectivity index (χ0v) is 10.4. The lowest BCUT2D eigenvalue weighted by molar-refractivity contribution is 0.305. The molecule has 0 unspecified atom stereocenters. The molecule has 2 N–H and O–H groups in total. The molecule has 18 heavy (non-hydrogen) atoms. The lowest BCUT2D eigenvalue weighted by atomic mass is 10.2. The smallest absolute Gasteiger partial charge is 0.130 e. The predicted octanol–water partition coefficient (Wildman–Crippen LogP) is 2.87. The minimum atomic E-state index is 0.448. The lowest BCUT2D eigenvalue weighted by Crippen LogP contribution is -2.03. The number of fused-ring (bicyclic) bond motifs is 1. The van der Waals surface area contributed by atoms with Crippen molar-refractivity contribution in [1.29, 1.82) is 0 Å². The van der Waals surface area contributed by atoms with E-state index in [1.165, 1.54) is 12.8 Å². The third-order valence-corrected chi connectivity index (χ3v) is 3.42. The van der Waals surface area contributed by atoms with E-state index >= 15 is 0 Å². The van der Waals surface area contributed by atoms with Crippen LogP contribution in [0.25, 0.3) is 10.9 Å². The maximum absolute atomic E-state index is 5.92. The van der Waals surface area contributed by atoms with Crippen molar-refractivity contribution < 1.29 is 4.74 Å². The number of ether oxygens (including phenoxy) is 1. The van der Waals surface area contributed by atoms with Gasteiger partial charge in [-0.2, -0.15) is 0 Å². The summed E-state index contributed by atoms with van der Waals surface area (Å²) in [6, 6.07) is 10.0. The Morgan fingerprint density at radius 1 is 1.28 bits per heavy atom. The van der Waals surface area contributed by atoms with Gasteiger partial charge in [-0.25, -0.2) is 0 Å². The molecule has 2 aromatic rings. The van der Waals surface area contributed by atoms with Crippen LogP contribution in [0.5, 0.6) is 5.75 Å². The van der Waals surface area contributed by atoms with Crippen molar-refractivity contribution in [3.05, 3.63) is 36.0 Å². The van der Waals surface area contributed by atoms with Gasteiger partial charge in [-0.3, -0.25) is 4.98 Å². The third kappa shape index (κ3) is 2.46. The van der Waals surface area contributed by atoms with Gasteiger partial charge in [0.15, 0.2) is 0 Å². The van der Waals surface area contributed by atoms with E-state index in [1.54, 1.807) is 0 Å². The number of para-hydroxylation sites is 1. The van der Waals surface area contributed by atoms with Crippen molar-refractivity contribution in [2.75, 3.05) is 6.61 Å². The monoisotopic (exact) mass is 242 g/mol. The van der Waals surface area contributed by atoms with E-state index in [4.69, 9.17) is 10.5 Å². The number of hydrogen-bond acceptors (Lipinski definition) is 3. The molecule has 1 heterocycles. The molecule has 3 rings (SSSR count). The van der Waals surface area contributed by atoms with Gasteiger partial charge in [0.2, 0.25) is 0 Å². The summed E-state index contributed by atoms with van der Waals surface area (Å²) in [4.78, 5) is 4.50. The molecule has 0 amide bonds. The molecule has 3 nitrogen and oxygen atoms in total. The highest BCUT2D eigenvalue weighted by Crippen LogP contribution is 2.33. The van der Waals surface area contributed by atoms with E-state index in [1.807, 2.05) is 24.3 Å². The SMILES string of the molecule is NCc1cc(OCCC2CC2)c2ccccc2n1. The van der Waals surface area contributed by atoms with Crippen molar-refractivity contribution in [1.82, 2.24) is 4.98 Å². The lowest BCUT2D eigenvalue weighted by Gasteiger charge is -2.10. The summed E-state index contributed by atoms with van der Waals surface area (Å²) in [7, 11) is 0. The zero-order chi connectivity index (χ0) is 12.4. The Morgan fingerprint density at radius 2 is 2.11 bits per heavy atom. The second kappa shape index (κ2) is 4.94. The number of benzene rings is 1. The Kier molecular flexibility index (Phi) is 3.15. The minimum absolute atomic E-state index is 0.448. The fourth-order valence-corrected chi connectivity index (χ4v) is 2.16. The standard InChI is InChI=1S/C15H18N2O/c16-10-12-9-15(18-8-7-11-5-6-11)13-3-1-2-4-14(13)17-12/h1-4,9,11H,5-8,10,16H2. The van der Waals surface area contributed by atoms with Gasteiger partial charge in [-0.15, -0.1) is 0 Å². The van der Waals surface area contributed by atoms with Crippen LogP contribution in [0.4, 0.5) is 0 Å². The maximum atomic E-state index is 5.92. The average molecular weight is 242 g/mol. The molecule has 0 aliphatic heterocycles. The van der Waals surface area contributed by atoms with Crippen molar-refractivity contribution in [3.8, 4) is 5.75 Å². The first-order valence-corrected chi connectivity index (χ1v) is 6.58. The van der Waals surface area contributed by atoms with E-state index in [0.29, 0.717) is 6.54 Å². The molecule has 0 bridgehead atoms. The number of hydrogen-bond donors (Lipinski definition) is 1. The first kappa shape index (κ1) is 11.5. The summed E-state index contributed by atoms with van der Waals surface area (Å²) < 4.78 is 5.92. The van der Waals surface area contributed by atoms with Crippen LogP contribution in [-0.4, -0.2) is 11.6 Å². The molecule has 0 radical (unpaired) electrons. The predicted molar refractivity (Wildman–Crippen MR) is 72.5 cm³/mol. The number of aromatic nitrogens is 1. The molecule has 0 saturated heterocycles. The molecule has 3 heteroatoms. The van der Waals surface area contributed by atoms with Crippen molar-refractivity contribution in [3.63, 3.8) is 0 Å². The first-order chi connectivity index (χ1) is 8.86. The first-order valence-electron chi connectivity index (χ1n) is 6.58. The normalized spacial score (nSPS) is 14.9. The summed E-state index contributed by atoms with van der Waals surface area (Å²) >= 11 is 0. The van der Waals surface area contributed by atoms with Crippen LogP contribution in [0, 0.1) is 5.92 Å². The van der Waals surface area contributed by atoms with Crippen LogP contribution in [-0.2, 0) is 6.54 Å². The van der Waals surface area contributed by atoms with E-state index in [9.17, 15) is 0 Å². The van der Waals surface area contributed by atoms with Gasteiger partial charge in [-0.05, 0) is 24.5 Å². The van der Waals surface area contributed by atoms with Crippen LogP contribution in [0.3, 0.4) is 0 Å². The molecule has 1 aromatic heterocycles. The largest absolute Gasteiger partial charge is 0.493 e. The van der Waals surface area contributed by atoms with E-state index < -0.39 is 0 Å². The third-order valence-electron chi connectivity index (χ3n) is 3.42. The summed E-state index contributed by atoms with van der Waals surface area (Å²) in [5.74, 6) is 1.81. The van der Waals surface area contributed by atoms with Gasteiger partial charge < -0.3 is 10.5 Å². The average Bonchev–Trinajstić information content (AvgIpc) is 3.22. The van der Waals surface area contributed by atoms with Gasteiger partial charge in [-0.1, -0.05) is 25.0 Å². The molecule has 1 aliphatic carbocycles. The van der Waals surface area contributed by atoms with Crippen LogP contribution in [0.2, 0.25) is 0 Å². The summed E-state index contributed by atoms with van der Waals surface area (Å²) in [5.41, 5.74) is 7.52. The topological polar surface area (TPSA) is 48.1 Å². The highest BCUT2D eigenvalue weighted by molar-refractivity contribution is 5.85. The molecule has 1 saturated carbocycles. The molecular weight excluding hydrogens is 224 g/mol. The van der Waals surface area contributed by atoms with Crippen molar-refractivity contribution >= 4 is 10.9 Å². The second-order valence-electron chi connectivity index (χ2n) is 4.91. The fraction of sp³-hybridized carbons (Fsp3) is 0.400. The van der Waals surface area contributed by atoms with Gasteiger partial charge in [0, 0.05) is 18.0 Å². The molecule has 1 aliphatic rings. The van der Waals surface area contributed by atoms with Crippen LogP contribution < -0.4 is 10.5 Å². The summed E-state index contributed by atoms with van der Waals surface area (Å²) in [5, 5.41) is 1.07. The van der Waals surface area contributed by atoms with E-state index in [2.05, 4.69) is 11.1 Å². The fourth-order valence-electron chi connectivity index (χ4n) is 2.16. The summed E-state index contributed by atoms with van der Waals surface area (Å²) in [6.07, 6.45) is 3.90. The highest BCUT2D eigenvalue weighted by Gasteiger charge is 2.20. The number of rotatable bonds is 5. The van der Waals surface area contributed by atoms with Crippen LogP contribution in [0.15, 0.2) is 30.3 Å². The van der Waals surface area contributed by atoms with Gasteiger partial charge in [0.25, 0.3) is 0 Å². The Balaban J connectivity index is 1.86. The Hall–Kier alpha value is -1.61. The zero-order valence-electron chi connectivity index (χ0n) is 10.4. The highest BCUT2D eigenvalue weighted by atomic mass is 16.5. The van der Waals surface area contributed by atoms with Gasteiger partial charge >= 0.3 is 0 Å². The Morgan fingerprint density at radius 3 is 2.89 bits per heavy atom. The van der Waals surface area contributed by atoms with Crippen molar-refractivity contribution in [2.24, 2.45) is 11.7 Å². The van der Waals surface area contributed by atoms with E-state index in [0.717, 1.165) is 41.3 Å². The van der Waals surface area contributed by atoms with Crippen molar-refractivity contribution in [2.45, 2.75) is 25.8 Å². The van der Waals surface area contributed by atoms with E-state index in [-0.39, 0.29) is 0 Å². The van der Waals surface area contributed by atoms with Gasteiger partial charge in [0.05, 0.1) is 17.8 Å². The molecule has 0 spiro atoms. The second-order valence-corrected chi connectivity index (χ2v) is 4.91. The quantitative estimate of drug-likeness (QED) is 0.877. The molecule has 94 valence electrons. The van der Waals surface area contributed by atoms with Crippen LogP contribution >= 0.6 is 0 Å². The molecular formula is C15H18N2O. The Labute approximate surface area is 107 Å². The number of nitrogens with zero attached hydrogens (tertiary/aromatic N) is 1. The Bertz CT molecular complexity index is 549. The number of pyridine rings is 1. The van der Waals surface area contributed by atoms with Crippen LogP contribution in [0.1, 0.15) is 25.0 Å². The molecule has 0 atom stereocenters. The summed E-state index contributed by atoms with van der Waals surface area (Å²) in [6.45, 7) is 1.24. The molecule has 1 fully saturated rings. The molecule has 1 aromatic carbocycles.